The van der Waals surface area contributed by atoms with E-state index in [1.807, 2.05) is 12.1 Å². The Morgan fingerprint density at radius 3 is 2.52 bits per heavy atom. The second-order valence-corrected chi connectivity index (χ2v) is 9.02. The molecule has 126 valence electrons. The molecule has 0 bridgehead atoms. The molecule has 2 amide bonds. The lowest BCUT2D eigenvalue weighted by Gasteiger charge is -2.10. The summed E-state index contributed by atoms with van der Waals surface area (Å²) in [5.74, 6) is -0.923. The van der Waals surface area contributed by atoms with Crippen LogP contribution in [0.4, 0.5) is 0 Å². The Hall–Kier alpha value is -1.25. The van der Waals surface area contributed by atoms with E-state index in [0.717, 1.165) is 4.90 Å². The molecule has 0 spiro atoms. The van der Waals surface area contributed by atoms with Crippen LogP contribution in [-0.2, 0) is 19.4 Å². The SMILES string of the molecule is O=C(CCSc1ccc(Cl)cc1)NNC(=O)[C@H]1CCS(=O)(=O)C1. The Kier molecular flexibility index (Phi) is 6.32. The summed E-state index contributed by atoms with van der Waals surface area (Å²) in [7, 11) is -3.11. The van der Waals surface area contributed by atoms with Gasteiger partial charge in [-0.05, 0) is 30.7 Å². The number of halogens is 1. The van der Waals surface area contributed by atoms with Gasteiger partial charge in [-0.1, -0.05) is 11.6 Å². The number of hydrogen-bond donors (Lipinski definition) is 2. The predicted octanol–water partition coefficient (Wildman–Crippen LogP) is 1.40. The van der Waals surface area contributed by atoms with E-state index in [4.69, 9.17) is 11.6 Å². The maximum Gasteiger partial charge on any atom is 0.242 e. The Morgan fingerprint density at radius 1 is 1.22 bits per heavy atom. The Balaban J connectivity index is 1.65. The molecule has 1 heterocycles. The van der Waals surface area contributed by atoms with Crippen molar-refractivity contribution in [3.05, 3.63) is 29.3 Å². The van der Waals surface area contributed by atoms with Gasteiger partial charge in [0, 0.05) is 22.1 Å². The predicted molar refractivity (Wildman–Crippen MR) is 89.8 cm³/mol. The third-order valence-corrected chi connectivity index (χ3v) is 6.37. The van der Waals surface area contributed by atoms with Gasteiger partial charge in [0.05, 0.1) is 17.4 Å². The topological polar surface area (TPSA) is 92.3 Å². The van der Waals surface area contributed by atoms with Crippen LogP contribution >= 0.6 is 23.4 Å². The minimum Gasteiger partial charge on any atom is -0.273 e. The lowest BCUT2D eigenvalue weighted by Crippen LogP contribution is -2.44. The molecule has 0 unspecified atom stereocenters. The minimum absolute atomic E-state index is 0.0246. The number of nitrogens with one attached hydrogen (secondary N) is 2. The molecular formula is C14H17ClN2O4S2. The Bertz CT molecular complexity index is 677. The zero-order valence-electron chi connectivity index (χ0n) is 12.2. The molecule has 0 saturated carbocycles. The number of hydrazine groups is 1. The van der Waals surface area contributed by atoms with Crippen LogP contribution in [0.5, 0.6) is 0 Å². The summed E-state index contributed by atoms with van der Waals surface area (Å²) in [4.78, 5) is 24.4. The van der Waals surface area contributed by atoms with Gasteiger partial charge in [0.1, 0.15) is 0 Å². The number of thioether (sulfide) groups is 1. The molecule has 0 aromatic heterocycles. The fourth-order valence-electron chi connectivity index (χ4n) is 2.09. The van der Waals surface area contributed by atoms with Crippen molar-refractivity contribution in [2.24, 2.45) is 5.92 Å². The number of benzene rings is 1. The molecule has 1 aromatic carbocycles. The monoisotopic (exact) mass is 376 g/mol. The highest BCUT2D eigenvalue weighted by Gasteiger charge is 2.33. The van der Waals surface area contributed by atoms with Crippen LogP contribution in [0.15, 0.2) is 29.2 Å². The number of hydrogen-bond acceptors (Lipinski definition) is 5. The van der Waals surface area contributed by atoms with E-state index in [9.17, 15) is 18.0 Å². The highest BCUT2D eigenvalue weighted by molar-refractivity contribution is 7.99. The number of carbonyl (C=O) groups excluding carboxylic acids is 2. The molecule has 1 fully saturated rings. The first-order chi connectivity index (χ1) is 10.9. The number of amides is 2. The van der Waals surface area contributed by atoms with Gasteiger partial charge in [0.15, 0.2) is 9.84 Å². The molecule has 1 aromatic rings. The van der Waals surface area contributed by atoms with Crippen molar-refractivity contribution < 1.29 is 18.0 Å². The zero-order valence-corrected chi connectivity index (χ0v) is 14.6. The number of carbonyl (C=O) groups is 2. The zero-order chi connectivity index (χ0) is 16.9. The fraction of sp³-hybridized carbons (Fsp3) is 0.429. The average Bonchev–Trinajstić information content (AvgIpc) is 2.87. The minimum atomic E-state index is -3.11. The lowest BCUT2D eigenvalue weighted by molar-refractivity contribution is -0.130. The van der Waals surface area contributed by atoms with Crippen LogP contribution in [0.1, 0.15) is 12.8 Å². The summed E-state index contributed by atoms with van der Waals surface area (Å²) in [5.41, 5.74) is 4.60. The molecule has 1 atom stereocenters. The average molecular weight is 377 g/mol. The molecule has 0 radical (unpaired) electrons. The summed E-state index contributed by atoms with van der Waals surface area (Å²) in [6.45, 7) is 0. The molecule has 6 nitrogen and oxygen atoms in total. The molecule has 9 heteroatoms. The molecule has 0 aliphatic carbocycles. The lowest BCUT2D eigenvalue weighted by atomic mass is 10.1. The second-order valence-electron chi connectivity index (χ2n) is 5.19. The van der Waals surface area contributed by atoms with Gasteiger partial charge in [-0.15, -0.1) is 11.8 Å². The van der Waals surface area contributed by atoms with Crippen molar-refractivity contribution in [2.45, 2.75) is 17.7 Å². The van der Waals surface area contributed by atoms with Crippen LogP contribution in [0.2, 0.25) is 5.02 Å². The Morgan fingerprint density at radius 2 is 1.91 bits per heavy atom. The fourth-order valence-corrected chi connectivity index (χ4v) is 4.81. The van der Waals surface area contributed by atoms with E-state index in [1.54, 1.807) is 12.1 Å². The maximum atomic E-state index is 11.8. The van der Waals surface area contributed by atoms with E-state index in [-0.39, 0.29) is 23.8 Å². The third kappa shape index (κ3) is 6.04. The van der Waals surface area contributed by atoms with E-state index in [2.05, 4.69) is 10.9 Å². The normalized spacial score (nSPS) is 19.3. The van der Waals surface area contributed by atoms with Crippen molar-refractivity contribution >= 4 is 45.0 Å². The standard InChI is InChI=1S/C14H17ClN2O4S2/c15-11-1-3-12(4-2-11)22-7-5-13(18)16-17-14(19)10-6-8-23(20,21)9-10/h1-4,10H,5-9H2,(H,16,18)(H,17,19)/t10-/m0/s1. The second kappa shape index (κ2) is 8.03. The quantitative estimate of drug-likeness (QED) is 0.598. The van der Waals surface area contributed by atoms with Crippen LogP contribution < -0.4 is 10.9 Å². The molecule has 1 aliphatic heterocycles. The molecule has 1 aliphatic rings. The smallest absolute Gasteiger partial charge is 0.242 e. The van der Waals surface area contributed by atoms with Crippen LogP contribution in [0.3, 0.4) is 0 Å². The highest BCUT2D eigenvalue weighted by atomic mass is 35.5. The maximum absolute atomic E-state index is 11.8. The van der Waals surface area contributed by atoms with Gasteiger partial charge in [-0.2, -0.15) is 0 Å². The highest BCUT2D eigenvalue weighted by Crippen LogP contribution is 2.21. The van der Waals surface area contributed by atoms with Crippen LogP contribution in [0.25, 0.3) is 0 Å². The summed E-state index contributed by atoms with van der Waals surface area (Å²) >= 11 is 7.29. The number of sulfone groups is 1. The van der Waals surface area contributed by atoms with Gasteiger partial charge in [0.2, 0.25) is 11.8 Å². The van der Waals surface area contributed by atoms with Crippen molar-refractivity contribution in [3.63, 3.8) is 0 Å². The first kappa shape index (κ1) is 18.1. The van der Waals surface area contributed by atoms with Crippen molar-refractivity contribution in [1.29, 1.82) is 0 Å². The van der Waals surface area contributed by atoms with Gasteiger partial charge >= 0.3 is 0 Å². The van der Waals surface area contributed by atoms with Crippen LogP contribution in [0, 0.1) is 5.92 Å². The van der Waals surface area contributed by atoms with Gasteiger partial charge in [0.25, 0.3) is 0 Å². The first-order valence-corrected chi connectivity index (χ1v) is 10.2. The molecule has 23 heavy (non-hydrogen) atoms. The number of rotatable bonds is 5. The van der Waals surface area contributed by atoms with E-state index in [0.29, 0.717) is 17.2 Å². The van der Waals surface area contributed by atoms with Crippen molar-refractivity contribution in [2.75, 3.05) is 17.3 Å². The summed E-state index contributed by atoms with van der Waals surface area (Å²) in [5, 5.41) is 0.656. The largest absolute Gasteiger partial charge is 0.273 e. The van der Waals surface area contributed by atoms with Gasteiger partial charge in [-0.25, -0.2) is 8.42 Å². The molecule has 2 N–H and O–H groups in total. The van der Waals surface area contributed by atoms with E-state index in [1.165, 1.54) is 11.8 Å². The molecular weight excluding hydrogens is 360 g/mol. The van der Waals surface area contributed by atoms with E-state index >= 15 is 0 Å². The molecule has 1 saturated heterocycles. The van der Waals surface area contributed by atoms with Crippen LogP contribution in [-0.4, -0.2) is 37.5 Å². The van der Waals surface area contributed by atoms with Gasteiger partial charge < -0.3 is 0 Å². The summed E-state index contributed by atoms with van der Waals surface area (Å²) in [6.07, 6.45) is 0.535. The third-order valence-electron chi connectivity index (χ3n) is 3.34. The van der Waals surface area contributed by atoms with Gasteiger partial charge in [-0.3, -0.25) is 20.4 Å². The van der Waals surface area contributed by atoms with E-state index < -0.39 is 21.7 Å². The molecule has 2 rings (SSSR count). The van der Waals surface area contributed by atoms with Crippen molar-refractivity contribution in [1.82, 2.24) is 10.9 Å². The first-order valence-electron chi connectivity index (χ1n) is 7.03. The summed E-state index contributed by atoms with van der Waals surface area (Å²) in [6, 6.07) is 7.29. The summed E-state index contributed by atoms with van der Waals surface area (Å²) < 4.78 is 22.6. The van der Waals surface area contributed by atoms with Crippen molar-refractivity contribution in [3.8, 4) is 0 Å². The Labute approximate surface area is 144 Å².